The number of rotatable bonds is 9. The minimum atomic E-state index is -0.401. The largest absolute Gasteiger partial charge is 0.365 e. The van der Waals surface area contributed by atoms with Crippen molar-refractivity contribution in [2.45, 2.75) is 15.5 Å². The van der Waals surface area contributed by atoms with E-state index in [9.17, 15) is 20.2 Å². The van der Waals surface area contributed by atoms with Crippen LogP contribution in [0.25, 0.3) is 0 Å². The zero-order chi connectivity index (χ0) is 21.5. The third-order valence-corrected chi connectivity index (χ3v) is 6.51. The summed E-state index contributed by atoms with van der Waals surface area (Å²) in [5, 5.41) is 21.4. The molecule has 3 aromatic rings. The molecule has 0 aromatic heterocycles. The molecule has 0 aliphatic carbocycles. The molecule has 0 aliphatic rings. The molecule has 3 rings (SSSR count). The molecule has 9 heteroatoms. The van der Waals surface area contributed by atoms with Gasteiger partial charge in [0, 0.05) is 52.5 Å². The number of anilines is 1. The summed E-state index contributed by atoms with van der Waals surface area (Å²) in [7, 11) is 2.00. The summed E-state index contributed by atoms with van der Waals surface area (Å²) in [6.07, 6.45) is 0. The van der Waals surface area contributed by atoms with Gasteiger partial charge in [0.1, 0.15) is 0 Å². The van der Waals surface area contributed by atoms with Crippen molar-refractivity contribution in [1.29, 1.82) is 0 Å². The Bertz CT molecular complexity index is 1010. The number of hydrogen-bond donors (Lipinski definition) is 0. The summed E-state index contributed by atoms with van der Waals surface area (Å²) < 4.78 is 0. The Labute approximate surface area is 182 Å². The molecular weight excluding hydrogens is 422 g/mol. The van der Waals surface area contributed by atoms with Crippen LogP contribution in [-0.4, -0.2) is 22.8 Å². The van der Waals surface area contributed by atoms with Crippen LogP contribution in [0.1, 0.15) is 5.56 Å². The van der Waals surface area contributed by atoms with Gasteiger partial charge in [-0.15, -0.1) is 23.5 Å². The molecule has 0 N–H and O–H groups in total. The Hall–Kier alpha value is -3.04. The number of thioether (sulfide) groups is 2. The van der Waals surface area contributed by atoms with Gasteiger partial charge in [-0.1, -0.05) is 12.1 Å². The van der Waals surface area contributed by atoms with Crippen molar-refractivity contribution in [2.24, 2.45) is 0 Å². The van der Waals surface area contributed by atoms with E-state index in [0.717, 1.165) is 21.2 Å². The van der Waals surface area contributed by atoms with E-state index in [0.29, 0.717) is 5.88 Å². The van der Waals surface area contributed by atoms with Crippen LogP contribution in [-0.2, 0) is 5.75 Å². The average molecular weight is 442 g/mol. The van der Waals surface area contributed by atoms with Gasteiger partial charge < -0.3 is 4.90 Å². The SMILES string of the molecule is CN(CSc1ccc([N+](=O)[O-])cc1)c1ccc(CSc2ccc([N+](=O)[O-])cc2)cc1. The molecule has 0 unspecified atom stereocenters. The lowest BCUT2D eigenvalue weighted by molar-refractivity contribution is -0.385. The molecule has 30 heavy (non-hydrogen) atoms. The molecule has 154 valence electrons. The van der Waals surface area contributed by atoms with Gasteiger partial charge in [0.25, 0.3) is 11.4 Å². The van der Waals surface area contributed by atoms with Gasteiger partial charge >= 0.3 is 0 Å². The Kier molecular flexibility index (Phi) is 7.31. The lowest BCUT2D eigenvalue weighted by Crippen LogP contribution is -2.15. The van der Waals surface area contributed by atoms with E-state index in [2.05, 4.69) is 29.2 Å². The van der Waals surface area contributed by atoms with Gasteiger partial charge in [0.05, 0.1) is 15.7 Å². The summed E-state index contributed by atoms with van der Waals surface area (Å²) in [6, 6.07) is 21.4. The van der Waals surface area contributed by atoms with Gasteiger partial charge in [-0.2, -0.15) is 0 Å². The Morgan fingerprint density at radius 1 is 0.733 bits per heavy atom. The minimum Gasteiger partial charge on any atom is -0.365 e. The van der Waals surface area contributed by atoms with E-state index >= 15 is 0 Å². The van der Waals surface area contributed by atoms with Crippen molar-refractivity contribution in [3.05, 3.63) is 98.6 Å². The van der Waals surface area contributed by atoms with Gasteiger partial charge in [-0.05, 0) is 42.0 Å². The normalized spacial score (nSPS) is 10.6. The summed E-state index contributed by atoms with van der Waals surface area (Å²) in [5.74, 6) is 1.49. The number of hydrogen-bond acceptors (Lipinski definition) is 7. The molecule has 0 heterocycles. The molecule has 0 amide bonds. The Balaban J connectivity index is 1.50. The zero-order valence-corrected chi connectivity index (χ0v) is 17.8. The van der Waals surface area contributed by atoms with Gasteiger partial charge in [0.15, 0.2) is 0 Å². The van der Waals surface area contributed by atoms with Crippen molar-refractivity contribution in [3.8, 4) is 0 Å². The van der Waals surface area contributed by atoms with Crippen LogP contribution < -0.4 is 4.90 Å². The third-order valence-electron chi connectivity index (χ3n) is 4.30. The maximum Gasteiger partial charge on any atom is 0.269 e. The topological polar surface area (TPSA) is 89.5 Å². The van der Waals surface area contributed by atoms with E-state index in [1.165, 1.54) is 29.8 Å². The number of non-ortho nitro benzene ring substituents is 2. The highest BCUT2D eigenvalue weighted by Gasteiger charge is 2.07. The fourth-order valence-corrected chi connectivity index (χ4v) is 4.26. The van der Waals surface area contributed by atoms with E-state index < -0.39 is 9.85 Å². The number of nitro groups is 2. The van der Waals surface area contributed by atoms with Crippen molar-refractivity contribution in [2.75, 3.05) is 17.8 Å². The Morgan fingerprint density at radius 2 is 1.20 bits per heavy atom. The number of benzene rings is 3. The summed E-state index contributed by atoms with van der Waals surface area (Å²) >= 11 is 3.24. The standard InChI is InChI=1S/C21H19N3O4S2/c1-22(15-30-21-12-8-19(9-13-21)24(27)28)17-4-2-16(3-5-17)14-29-20-10-6-18(7-11-20)23(25)26/h2-13H,14-15H2,1H3. The van der Waals surface area contributed by atoms with Crippen molar-refractivity contribution < 1.29 is 9.85 Å². The van der Waals surface area contributed by atoms with E-state index in [1.807, 2.05) is 7.05 Å². The first kappa shape index (κ1) is 21.7. The van der Waals surface area contributed by atoms with Gasteiger partial charge in [0.2, 0.25) is 0 Å². The lowest BCUT2D eigenvalue weighted by Gasteiger charge is -2.19. The second kappa shape index (κ2) is 10.1. The number of nitrogens with zero attached hydrogens (tertiary/aromatic N) is 3. The van der Waals surface area contributed by atoms with Crippen LogP contribution in [0.15, 0.2) is 82.6 Å². The second-order valence-corrected chi connectivity index (χ2v) is 8.50. The predicted molar refractivity (Wildman–Crippen MR) is 121 cm³/mol. The number of nitro benzene ring substituents is 2. The molecule has 0 fully saturated rings. The van der Waals surface area contributed by atoms with Crippen LogP contribution in [0.3, 0.4) is 0 Å². The van der Waals surface area contributed by atoms with E-state index in [4.69, 9.17) is 0 Å². The van der Waals surface area contributed by atoms with Crippen molar-refractivity contribution in [3.63, 3.8) is 0 Å². The summed E-state index contributed by atoms with van der Waals surface area (Å²) in [5.41, 5.74) is 2.43. The fourth-order valence-electron chi connectivity index (χ4n) is 2.59. The van der Waals surface area contributed by atoms with Crippen LogP contribution in [0.2, 0.25) is 0 Å². The molecule has 0 saturated carbocycles. The minimum absolute atomic E-state index is 0.0925. The van der Waals surface area contributed by atoms with E-state index in [-0.39, 0.29) is 11.4 Å². The first-order valence-electron chi connectivity index (χ1n) is 8.97. The zero-order valence-electron chi connectivity index (χ0n) is 16.1. The van der Waals surface area contributed by atoms with Gasteiger partial charge in [-0.25, -0.2) is 0 Å². The van der Waals surface area contributed by atoms with Gasteiger partial charge in [-0.3, -0.25) is 20.2 Å². The second-order valence-electron chi connectivity index (χ2n) is 6.43. The molecular formula is C21H19N3O4S2. The van der Waals surface area contributed by atoms with Crippen LogP contribution in [0.5, 0.6) is 0 Å². The van der Waals surface area contributed by atoms with Crippen LogP contribution in [0, 0.1) is 20.2 Å². The molecule has 0 aliphatic heterocycles. The highest BCUT2D eigenvalue weighted by molar-refractivity contribution is 7.99. The quantitative estimate of drug-likeness (QED) is 0.175. The van der Waals surface area contributed by atoms with E-state index in [1.54, 1.807) is 47.8 Å². The predicted octanol–water partition coefficient (Wildman–Crippen LogP) is 5.98. The third kappa shape index (κ3) is 5.98. The summed E-state index contributed by atoms with van der Waals surface area (Å²) in [6.45, 7) is 0. The summed E-state index contributed by atoms with van der Waals surface area (Å²) in [4.78, 5) is 24.7. The highest BCUT2D eigenvalue weighted by Crippen LogP contribution is 2.27. The van der Waals surface area contributed by atoms with Crippen LogP contribution in [0.4, 0.5) is 17.1 Å². The fraction of sp³-hybridized carbons (Fsp3) is 0.143. The molecule has 3 aromatic carbocycles. The van der Waals surface area contributed by atoms with Crippen molar-refractivity contribution >= 4 is 40.6 Å². The molecule has 0 spiro atoms. The molecule has 0 bridgehead atoms. The van der Waals surface area contributed by atoms with Crippen LogP contribution >= 0.6 is 23.5 Å². The average Bonchev–Trinajstić information content (AvgIpc) is 2.77. The van der Waals surface area contributed by atoms with Crippen molar-refractivity contribution in [1.82, 2.24) is 0 Å². The lowest BCUT2D eigenvalue weighted by atomic mass is 10.2. The molecule has 7 nitrogen and oxygen atoms in total. The maximum absolute atomic E-state index is 10.7. The highest BCUT2D eigenvalue weighted by atomic mass is 32.2. The Morgan fingerprint density at radius 3 is 1.67 bits per heavy atom. The molecule has 0 atom stereocenters. The maximum atomic E-state index is 10.7. The molecule has 0 saturated heterocycles. The smallest absolute Gasteiger partial charge is 0.269 e. The first-order chi connectivity index (χ1) is 14.4. The first-order valence-corrected chi connectivity index (χ1v) is 10.9. The molecule has 0 radical (unpaired) electrons. The monoisotopic (exact) mass is 441 g/mol.